The van der Waals surface area contributed by atoms with Gasteiger partial charge in [0.15, 0.2) is 0 Å². The van der Waals surface area contributed by atoms with Crippen LogP contribution in [-0.2, 0) is 4.79 Å². The van der Waals surface area contributed by atoms with Gasteiger partial charge in [0.25, 0.3) is 0 Å². The van der Waals surface area contributed by atoms with E-state index in [-0.39, 0.29) is 6.04 Å². The maximum absolute atomic E-state index is 11.3. The van der Waals surface area contributed by atoms with E-state index in [1.807, 2.05) is 18.2 Å². The Morgan fingerprint density at radius 3 is 2.71 bits per heavy atom. The molecule has 0 aromatic heterocycles. The monoisotopic (exact) mass is 251 g/mol. The molecule has 0 heterocycles. The zero-order chi connectivity index (χ0) is 12.4. The van der Waals surface area contributed by atoms with Crippen LogP contribution in [0.15, 0.2) is 24.3 Å². The molecule has 3 heteroatoms. The number of ketones is 1. The van der Waals surface area contributed by atoms with Crippen LogP contribution in [0.2, 0.25) is 5.02 Å². The summed E-state index contributed by atoms with van der Waals surface area (Å²) in [5.41, 5.74) is 1.14. The lowest BCUT2D eigenvalue weighted by atomic mass is 10.0. The molecule has 0 radical (unpaired) electrons. The number of hydrogen-bond acceptors (Lipinski definition) is 2. The minimum absolute atomic E-state index is 0.250. The molecule has 0 amide bonds. The fourth-order valence-corrected chi connectivity index (χ4v) is 2.79. The van der Waals surface area contributed by atoms with Crippen LogP contribution < -0.4 is 0 Å². The van der Waals surface area contributed by atoms with E-state index in [9.17, 15) is 4.79 Å². The first-order valence-electron chi connectivity index (χ1n) is 6.07. The van der Waals surface area contributed by atoms with Crippen LogP contribution in [-0.4, -0.2) is 23.8 Å². The standard InChI is InChI=1S/C14H18ClNO/c1-10(13-5-3-4-6-14(13)15)16(2)11-7-8-12(17)9-11/h3-6,10-11H,7-9H2,1-2H3. The molecule has 1 fully saturated rings. The van der Waals surface area contributed by atoms with Crippen LogP contribution in [0.1, 0.15) is 37.8 Å². The van der Waals surface area contributed by atoms with Gasteiger partial charge in [-0.15, -0.1) is 0 Å². The molecule has 0 N–H and O–H groups in total. The van der Waals surface area contributed by atoms with Gasteiger partial charge in [0, 0.05) is 29.9 Å². The Kier molecular flexibility index (Phi) is 3.85. The Labute approximate surface area is 108 Å². The Morgan fingerprint density at radius 1 is 1.41 bits per heavy atom. The Balaban J connectivity index is 2.12. The molecule has 2 atom stereocenters. The van der Waals surface area contributed by atoms with Gasteiger partial charge in [-0.05, 0) is 32.0 Å². The van der Waals surface area contributed by atoms with Crippen LogP contribution in [0.3, 0.4) is 0 Å². The first-order valence-corrected chi connectivity index (χ1v) is 6.45. The van der Waals surface area contributed by atoms with Crippen molar-refractivity contribution in [1.82, 2.24) is 4.90 Å². The average molecular weight is 252 g/mol. The zero-order valence-corrected chi connectivity index (χ0v) is 11.1. The lowest BCUT2D eigenvalue weighted by Gasteiger charge is -2.30. The van der Waals surface area contributed by atoms with E-state index in [4.69, 9.17) is 11.6 Å². The highest BCUT2D eigenvalue weighted by Crippen LogP contribution is 2.31. The number of nitrogens with zero attached hydrogens (tertiary/aromatic N) is 1. The van der Waals surface area contributed by atoms with Gasteiger partial charge in [-0.25, -0.2) is 0 Å². The van der Waals surface area contributed by atoms with E-state index < -0.39 is 0 Å². The van der Waals surface area contributed by atoms with Gasteiger partial charge in [-0.2, -0.15) is 0 Å². The second-order valence-corrected chi connectivity index (χ2v) is 5.21. The number of benzene rings is 1. The Morgan fingerprint density at radius 2 is 2.12 bits per heavy atom. The molecule has 17 heavy (non-hydrogen) atoms. The van der Waals surface area contributed by atoms with E-state index in [1.165, 1.54) is 0 Å². The summed E-state index contributed by atoms with van der Waals surface area (Å²) in [5.74, 6) is 0.383. The summed E-state index contributed by atoms with van der Waals surface area (Å²) in [6, 6.07) is 8.54. The lowest BCUT2D eigenvalue weighted by molar-refractivity contribution is -0.117. The van der Waals surface area contributed by atoms with Gasteiger partial charge in [0.1, 0.15) is 5.78 Å². The summed E-state index contributed by atoms with van der Waals surface area (Å²) in [6.45, 7) is 2.14. The maximum Gasteiger partial charge on any atom is 0.134 e. The number of carbonyl (C=O) groups excluding carboxylic acids is 1. The third-order valence-electron chi connectivity index (χ3n) is 3.76. The fourth-order valence-electron chi connectivity index (χ4n) is 2.49. The second-order valence-electron chi connectivity index (χ2n) is 4.80. The normalized spacial score (nSPS) is 22.1. The number of Topliss-reactive ketones (excluding diaryl/α,β-unsaturated/α-hetero) is 1. The first kappa shape index (κ1) is 12.6. The average Bonchev–Trinajstić information content (AvgIpc) is 2.75. The molecule has 0 saturated heterocycles. The van der Waals surface area contributed by atoms with E-state index in [1.54, 1.807) is 0 Å². The van der Waals surface area contributed by atoms with Crippen molar-refractivity contribution >= 4 is 17.4 Å². The molecule has 1 aliphatic carbocycles. The fraction of sp³-hybridized carbons (Fsp3) is 0.500. The highest BCUT2D eigenvalue weighted by Gasteiger charge is 2.28. The summed E-state index contributed by atoms with van der Waals surface area (Å²) < 4.78 is 0. The molecule has 1 saturated carbocycles. The molecule has 1 aromatic carbocycles. The first-order chi connectivity index (χ1) is 8.09. The summed E-state index contributed by atoms with van der Waals surface area (Å²) >= 11 is 6.20. The smallest absolute Gasteiger partial charge is 0.134 e. The SMILES string of the molecule is CC(c1ccccc1Cl)N(C)C1CCC(=O)C1. The third kappa shape index (κ3) is 2.70. The molecule has 2 unspecified atom stereocenters. The Bertz CT molecular complexity index is 418. The van der Waals surface area contributed by atoms with Crippen molar-refractivity contribution in [3.05, 3.63) is 34.9 Å². The van der Waals surface area contributed by atoms with Crippen molar-refractivity contribution in [2.45, 2.75) is 38.3 Å². The van der Waals surface area contributed by atoms with Crippen molar-refractivity contribution in [3.8, 4) is 0 Å². The Hall–Kier alpha value is -0.860. The third-order valence-corrected chi connectivity index (χ3v) is 4.11. The summed E-state index contributed by atoms with van der Waals surface area (Å²) in [5, 5.41) is 0.802. The molecule has 1 aliphatic rings. The number of carbonyl (C=O) groups is 1. The molecule has 0 spiro atoms. The molecule has 1 aromatic rings. The van der Waals surface area contributed by atoms with Crippen LogP contribution in [0, 0.1) is 0 Å². The zero-order valence-electron chi connectivity index (χ0n) is 10.3. The van der Waals surface area contributed by atoms with E-state index in [0.29, 0.717) is 18.2 Å². The minimum atomic E-state index is 0.250. The van der Waals surface area contributed by atoms with Crippen LogP contribution in [0.4, 0.5) is 0 Å². The molecule has 0 bridgehead atoms. The van der Waals surface area contributed by atoms with E-state index in [2.05, 4.69) is 24.9 Å². The topological polar surface area (TPSA) is 20.3 Å². The second kappa shape index (κ2) is 5.19. The van der Waals surface area contributed by atoms with Crippen molar-refractivity contribution in [3.63, 3.8) is 0 Å². The molecule has 92 valence electrons. The quantitative estimate of drug-likeness (QED) is 0.820. The summed E-state index contributed by atoms with van der Waals surface area (Å²) in [4.78, 5) is 13.6. The largest absolute Gasteiger partial charge is 0.300 e. The summed E-state index contributed by atoms with van der Waals surface area (Å²) in [6.07, 6.45) is 2.39. The van der Waals surface area contributed by atoms with Crippen molar-refractivity contribution < 1.29 is 4.79 Å². The summed E-state index contributed by atoms with van der Waals surface area (Å²) in [7, 11) is 2.08. The molecular weight excluding hydrogens is 234 g/mol. The van der Waals surface area contributed by atoms with E-state index >= 15 is 0 Å². The lowest BCUT2D eigenvalue weighted by Crippen LogP contribution is -2.32. The number of hydrogen-bond donors (Lipinski definition) is 0. The van der Waals surface area contributed by atoms with Gasteiger partial charge >= 0.3 is 0 Å². The van der Waals surface area contributed by atoms with E-state index in [0.717, 1.165) is 23.4 Å². The van der Waals surface area contributed by atoms with Crippen LogP contribution in [0.25, 0.3) is 0 Å². The highest BCUT2D eigenvalue weighted by atomic mass is 35.5. The van der Waals surface area contributed by atoms with Gasteiger partial charge < -0.3 is 0 Å². The molecule has 0 aliphatic heterocycles. The highest BCUT2D eigenvalue weighted by molar-refractivity contribution is 6.31. The van der Waals surface area contributed by atoms with Crippen molar-refractivity contribution in [1.29, 1.82) is 0 Å². The van der Waals surface area contributed by atoms with Crippen LogP contribution in [0.5, 0.6) is 0 Å². The maximum atomic E-state index is 11.3. The van der Waals surface area contributed by atoms with Crippen molar-refractivity contribution in [2.24, 2.45) is 0 Å². The van der Waals surface area contributed by atoms with Gasteiger partial charge in [-0.3, -0.25) is 9.69 Å². The predicted molar refractivity (Wildman–Crippen MR) is 70.3 cm³/mol. The predicted octanol–water partition coefficient (Wildman–Crippen LogP) is 3.45. The van der Waals surface area contributed by atoms with Gasteiger partial charge in [0.05, 0.1) is 0 Å². The minimum Gasteiger partial charge on any atom is -0.300 e. The van der Waals surface area contributed by atoms with Gasteiger partial charge in [0.2, 0.25) is 0 Å². The number of rotatable bonds is 3. The van der Waals surface area contributed by atoms with Crippen molar-refractivity contribution in [2.75, 3.05) is 7.05 Å². The van der Waals surface area contributed by atoms with Gasteiger partial charge in [-0.1, -0.05) is 29.8 Å². The number of halogens is 1. The molecule has 2 rings (SSSR count). The molecular formula is C14H18ClNO. The van der Waals surface area contributed by atoms with Crippen LogP contribution >= 0.6 is 11.6 Å². The molecule has 2 nitrogen and oxygen atoms in total.